The van der Waals surface area contributed by atoms with Crippen molar-refractivity contribution < 1.29 is 9.90 Å². The van der Waals surface area contributed by atoms with E-state index in [9.17, 15) is 9.90 Å². The Balaban J connectivity index is 2.02. The lowest BCUT2D eigenvalue weighted by Crippen LogP contribution is -2.19. The third-order valence-electron chi connectivity index (χ3n) is 3.11. The van der Waals surface area contributed by atoms with Crippen LogP contribution in [0.1, 0.15) is 10.4 Å². The predicted octanol–water partition coefficient (Wildman–Crippen LogP) is 2.77. The van der Waals surface area contributed by atoms with Gasteiger partial charge in [-0.25, -0.2) is 0 Å². The number of carbonyl (C=O) groups is 1. The van der Waals surface area contributed by atoms with E-state index in [0.29, 0.717) is 4.80 Å². The molecule has 0 saturated heterocycles. The summed E-state index contributed by atoms with van der Waals surface area (Å²) in [5.74, 6) is -0.227. The van der Waals surface area contributed by atoms with Crippen molar-refractivity contribution in [1.29, 1.82) is 5.41 Å². The van der Waals surface area contributed by atoms with Gasteiger partial charge in [-0.05, 0) is 24.3 Å². The van der Waals surface area contributed by atoms with Gasteiger partial charge >= 0.3 is 0 Å². The summed E-state index contributed by atoms with van der Waals surface area (Å²) in [6.07, 6.45) is 0. The summed E-state index contributed by atoms with van der Waals surface area (Å²) >= 11 is 1.34. The second-order valence-electron chi connectivity index (χ2n) is 4.40. The van der Waals surface area contributed by atoms with Crippen LogP contribution in [0.3, 0.4) is 0 Å². The number of thiazole rings is 1. The van der Waals surface area contributed by atoms with E-state index in [4.69, 9.17) is 5.41 Å². The number of para-hydroxylation sites is 2. The number of nitrogens with zero attached hydrogens (tertiary/aromatic N) is 1. The van der Waals surface area contributed by atoms with E-state index >= 15 is 0 Å². The van der Waals surface area contributed by atoms with Crippen LogP contribution in [0.2, 0.25) is 0 Å². The molecule has 0 bridgehead atoms. The summed E-state index contributed by atoms with van der Waals surface area (Å²) in [6, 6.07) is 14.1. The van der Waals surface area contributed by atoms with E-state index in [-0.39, 0.29) is 23.6 Å². The topological polar surface area (TPSA) is 66.1 Å². The van der Waals surface area contributed by atoms with Gasteiger partial charge in [-0.1, -0.05) is 35.6 Å². The van der Waals surface area contributed by atoms with E-state index in [0.717, 1.165) is 10.2 Å². The number of phenolic OH excluding ortho intramolecular Hbond substituents is 1. The predicted molar refractivity (Wildman–Crippen MR) is 78.1 cm³/mol. The average Bonchev–Trinajstić information content (AvgIpc) is 2.76. The molecular formula is C15H12N2O2S. The Labute approximate surface area is 119 Å². The van der Waals surface area contributed by atoms with Crippen LogP contribution in [0.15, 0.2) is 48.5 Å². The quantitative estimate of drug-likeness (QED) is 0.726. The number of hydrogen-bond acceptors (Lipinski definition) is 4. The van der Waals surface area contributed by atoms with Crippen molar-refractivity contribution in [2.45, 2.75) is 6.54 Å². The zero-order valence-corrected chi connectivity index (χ0v) is 11.4. The summed E-state index contributed by atoms with van der Waals surface area (Å²) in [6.45, 7) is 0.0560. The molecule has 3 rings (SSSR count). The standard InChI is InChI=1S/C15H12N2O2S/c16-15-17(11-6-2-4-8-14(11)20-15)9-13(19)10-5-1-3-7-12(10)18/h1-8,16,18H,9H2. The van der Waals surface area contributed by atoms with Gasteiger partial charge in [0.2, 0.25) is 0 Å². The van der Waals surface area contributed by atoms with Crippen LogP contribution in [0, 0.1) is 5.41 Å². The van der Waals surface area contributed by atoms with Gasteiger partial charge in [0, 0.05) is 0 Å². The van der Waals surface area contributed by atoms with Gasteiger partial charge in [-0.3, -0.25) is 10.2 Å². The number of rotatable bonds is 3. The normalized spacial score (nSPS) is 10.8. The molecule has 1 aromatic heterocycles. The third-order valence-corrected chi connectivity index (χ3v) is 4.09. The molecule has 0 radical (unpaired) electrons. The molecule has 2 N–H and O–H groups in total. The lowest BCUT2D eigenvalue weighted by Gasteiger charge is -2.05. The van der Waals surface area contributed by atoms with Crippen LogP contribution in [0.5, 0.6) is 5.75 Å². The van der Waals surface area contributed by atoms with Gasteiger partial charge < -0.3 is 9.67 Å². The second-order valence-corrected chi connectivity index (χ2v) is 5.43. The minimum absolute atomic E-state index is 0.0239. The maximum absolute atomic E-state index is 12.3. The van der Waals surface area contributed by atoms with Crippen molar-refractivity contribution in [3.05, 3.63) is 58.9 Å². The molecule has 0 spiro atoms. The molecule has 0 fully saturated rings. The summed E-state index contributed by atoms with van der Waals surface area (Å²) in [5.41, 5.74) is 1.15. The molecule has 0 aliphatic rings. The lowest BCUT2D eigenvalue weighted by atomic mass is 10.1. The number of hydrogen-bond donors (Lipinski definition) is 2. The number of fused-ring (bicyclic) bond motifs is 1. The van der Waals surface area contributed by atoms with Crippen molar-refractivity contribution in [3.63, 3.8) is 0 Å². The number of ketones is 1. The van der Waals surface area contributed by atoms with Crippen molar-refractivity contribution in [2.75, 3.05) is 0 Å². The van der Waals surface area contributed by atoms with E-state index < -0.39 is 0 Å². The summed E-state index contributed by atoms with van der Waals surface area (Å²) in [7, 11) is 0. The fourth-order valence-corrected chi connectivity index (χ4v) is 3.04. The highest BCUT2D eigenvalue weighted by molar-refractivity contribution is 7.16. The van der Waals surface area contributed by atoms with Crippen LogP contribution in [-0.2, 0) is 6.54 Å². The Bertz CT molecular complexity index is 848. The van der Waals surface area contributed by atoms with Gasteiger partial charge in [0.1, 0.15) is 5.75 Å². The monoisotopic (exact) mass is 284 g/mol. The minimum Gasteiger partial charge on any atom is -0.507 e. The van der Waals surface area contributed by atoms with E-state index in [1.165, 1.54) is 17.4 Å². The Morgan fingerprint density at radius 3 is 2.65 bits per heavy atom. The highest BCUT2D eigenvalue weighted by Crippen LogP contribution is 2.19. The van der Waals surface area contributed by atoms with Crippen molar-refractivity contribution in [1.82, 2.24) is 4.57 Å². The molecule has 4 nitrogen and oxygen atoms in total. The molecule has 0 unspecified atom stereocenters. The first-order valence-electron chi connectivity index (χ1n) is 6.11. The molecule has 0 aliphatic heterocycles. The average molecular weight is 284 g/mol. The fraction of sp³-hybridized carbons (Fsp3) is 0.0667. The van der Waals surface area contributed by atoms with Crippen molar-refractivity contribution in [2.24, 2.45) is 0 Å². The SMILES string of the molecule is N=c1sc2ccccc2n1CC(=O)c1ccccc1O. The third kappa shape index (κ3) is 2.12. The molecule has 20 heavy (non-hydrogen) atoms. The number of aromatic nitrogens is 1. The number of Topliss-reactive ketones (excluding diaryl/α,β-unsaturated/α-hetero) is 1. The number of phenols is 1. The van der Waals surface area contributed by atoms with Crippen LogP contribution < -0.4 is 4.80 Å². The molecule has 2 aromatic carbocycles. The largest absolute Gasteiger partial charge is 0.507 e. The van der Waals surface area contributed by atoms with Crippen molar-refractivity contribution in [3.8, 4) is 5.75 Å². The maximum Gasteiger partial charge on any atom is 0.186 e. The van der Waals surface area contributed by atoms with Gasteiger partial charge in [-0.15, -0.1) is 0 Å². The van der Waals surface area contributed by atoms with Gasteiger partial charge in [0.05, 0.1) is 22.3 Å². The summed E-state index contributed by atoms with van der Waals surface area (Å²) < 4.78 is 2.64. The van der Waals surface area contributed by atoms with Crippen LogP contribution >= 0.6 is 11.3 Å². The molecule has 5 heteroatoms. The van der Waals surface area contributed by atoms with Gasteiger partial charge in [0.25, 0.3) is 0 Å². The van der Waals surface area contributed by atoms with Crippen LogP contribution in [0.4, 0.5) is 0 Å². The van der Waals surface area contributed by atoms with Crippen LogP contribution in [-0.4, -0.2) is 15.5 Å². The molecule has 100 valence electrons. The first kappa shape index (κ1) is 12.6. The molecule has 3 aromatic rings. The summed E-state index contributed by atoms with van der Waals surface area (Å²) in [4.78, 5) is 12.6. The second kappa shape index (κ2) is 4.94. The smallest absolute Gasteiger partial charge is 0.186 e. The van der Waals surface area contributed by atoms with Crippen molar-refractivity contribution >= 4 is 27.3 Å². The van der Waals surface area contributed by atoms with Crippen LogP contribution in [0.25, 0.3) is 10.2 Å². The molecule has 0 saturated carbocycles. The fourth-order valence-electron chi connectivity index (χ4n) is 2.13. The van der Waals surface area contributed by atoms with E-state index in [1.54, 1.807) is 22.8 Å². The molecule has 0 atom stereocenters. The van der Waals surface area contributed by atoms with E-state index in [2.05, 4.69) is 0 Å². The Morgan fingerprint density at radius 2 is 1.85 bits per heavy atom. The first-order chi connectivity index (χ1) is 9.66. The Morgan fingerprint density at radius 1 is 1.15 bits per heavy atom. The molecule has 0 aliphatic carbocycles. The number of aromatic hydroxyl groups is 1. The number of benzene rings is 2. The lowest BCUT2D eigenvalue weighted by molar-refractivity contribution is 0.0970. The van der Waals surface area contributed by atoms with Gasteiger partial charge in [0.15, 0.2) is 10.6 Å². The number of nitrogens with one attached hydrogen (secondary N) is 1. The van der Waals surface area contributed by atoms with E-state index in [1.807, 2.05) is 24.3 Å². The first-order valence-corrected chi connectivity index (χ1v) is 6.92. The molecule has 1 heterocycles. The highest BCUT2D eigenvalue weighted by Gasteiger charge is 2.13. The molecule has 0 amide bonds. The zero-order valence-electron chi connectivity index (χ0n) is 10.5. The summed E-state index contributed by atoms with van der Waals surface area (Å²) in [5, 5.41) is 17.7. The molecular weight excluding hydrogens is 272 g/mol. The minimum atomic E-state index is -0.204. The Hall–Kier alpha value is -2.40. The highest BCUT2D eigenvalue weighted by atomic mass is 32.1. The zero-order chi connectivity index (χ0) is 14.1. The van der Waals surface area contributed by atoms with Gasteiger partial charge in [-0.2, -0.15) is 0 Å². The Kier molecular flexibility index (Phi) is 3.12. The number of carbonyl (C=O) groups excluding carboxylic acids is 1. The maximum atomic E-state index is 12.3.